The molecule has 3 rings (SSSR count). The van der Waals surface area contributed by atoms with Crippen molar-refractivity contribution in [3.63, 3.8) is 0 Å². The average molecular weight is 330 g/mol. The first-order valence-corrected chi connectivity index (χ1v) is 8.94. The molecule has 2 aliphatic rings. The Morgan fingerprint density at radius 3 is 2.67 bits per heavy atom. The molecule has 0 spiro atoms. The summed E-state index contributed by atoms with van der Waals surface area (Å²) in [7, 11) is 0. The molecule has 0 radical (unpaired) electrons. The summed E-state index contributed by atoms with van der Waals surface area (Å²) in [4.78, 5) is 24.2. The third-order valence-corrected chi connectivity index (χ3v) is 5.12. The second-order valence-corrected chi connectivity index (χ2v) is 6.90. The maximum Gasteiger partial charge on any atom is 0.220 e. The first-order chi connectivity index (χ1) is 11.6. The largest absolute Gasteiger partial charge is 0.391 e. The van der Waals surface area contributed by atoms with E-state index in [4.69, 9.17) is 0 Å². The molecule has 130 valence electrons. The van der Waals surface area contributed by atoms with Crippen LogP contribution < -0.4 is 10.6 Å². The summed E-state index contributed by atoms with van der Waals surface area (Å²) in [5.74, 6) is -0.0354. The number of β-amino-alcohol motifs (C(OH)–C–C–N with tert-alkyl or cyclic N) is 1. The van der Waals surface area contributed by atoms with Crippen LogP contribution in [0.25, 0.3) is 0 Å². The number of ketones is 1. The Bertz CT molecular complexity index is 615. The van der Waals surface area contributed by atoms with Gasteiger partial charge in [-0.3, -0.25) is 9.59 Å². The van der Waals surface area contributed by atoms with Crippen LogP contribution in [0.2, 0.25) is 0 Å². The number of fused-ring (bicyclic) bond motifs is 1. The number of aliphatic hydroxyl groups excluding tert-OH is 1. The van der Waals surface area contributed by atoms with Crippen LogP contribution in [-0.2, 0) is 17.6 Å². The summed E-state index contributed by atoms with van der Waals surface area (Å²) in [6, 6.07) is 5.97. The summed E-state index contributed by atoms with van der Waals surface area (Å²) in [5.41, 5.74) is 3.37. The van der Waals surface area contributed by atoms with E-state index in [0.717, 1.165) is 24.9 Å². The van der Waals surface area contributed by atoms with Crippen LogP contribution in [0.3, 0.4) is 0 Å². The van der Waals surface area contributed by atoms with E-state index < -0.39 is 6.10 Å². The number of amides is 1. The molecule has 1 aromatic rings. The van der Waals surface area contributed by atoms with Crippen LogP contribution in [0.15, 0.2) is 18.2 Å². The third kappa shape index (κ3) is 4.22. The molecule has 0 bridgehead atoms. The van der Waals surface area contributed by atoms with Crippen LogP contribution in [0.5, 0.6) is 0 Å². The molecule has 2 atom stereocenters. The minimum Gasteiger partial charge on any atom is -0.391 e. The van der Waals surface area contributed by atoms with Gasteiger partial charge in [0, 0.05) is 44.0 Å². The summed E-state index contributed by atoms with van der Waals surface area (Å²) in [5, 5.41) is 15.6. The van der Waals surface area contributed by atoms with Gasteiger partial charge in [0.1, 0.15) is 0 Å². The SMILES string of the molecule is O=C(CCC(=O)c1ccc2c(c1)CCCC2)NCC1CNCC1O. The van der Waals surface area contributed by atoms with E-state index >= 15 is 0 Å². The molecule has 5 nitrogen and oxygen atoms in total. The Morgan fingerprint density at radius 2 is 1.92 bits per heavy atom. The minimum atomic E-state index is -0.401. The van der Waals surface area contributed by atoms with E-state index in [9.17, 15) is 14.7 Å². The highest BCUT2D eigenvalue weighted by Crippen LogP contribution is 2.23. The maximum absolute atomic E-state index is 12.3. The molecule has 1 fully saturated rings. The molecule has 0 saturated carbocycles. The highest BCUT2D eigenvalue weighted by molar-refractivity contribution is 5.98. The number of benzene rings is 1. The maximum atomic E-state index is 12.3. The van der Waals surface area contributed by atoms with Gasteiger partial charge in [-0.15, -0.1) is 0 Å². The van der Waals surface area contributed by atoms with Crippen molar-refractivity contribution in [3.8, 4) is 0 Å². The van der Waals surface area contributed by atoms with Crippen molar-refractivity contribution >= 4 is 11.7 Å². The van der Waals surface area contributed by atoms with E-state index in [1.54, 1.807) is 0 Å². The predicted octanol–water partition coefficient (Wildman–Crippen LogP) is 1.22. The topological polar surface area (TPSA) is 78.4 Å². The van der Waals surface area contributed by atoms with E-state index in [-0.39, 0.29) is 30.4 Å². The summed E-state index contributed by atoms with van der Waals surface area (Å²) < 4.78 is 0. The van der Waals surface area contributed by atoms with Crippen LogP contribution in [0.4, 0.5) is 0 Å². The fourth-order valence-corrected chi connectivity index (χ4v) is 3.54. The second-order valence-electron chi connectivity index (χ2n) is 6.90. The van der Waals surface area contributed by atoms with Crippen molar-refractivity contribution in [2.75, 3.05) is 19.6 Å². The standard InChI is InChI=1S/C19H26N2O3/c22-17(15-6-5-13-3-1-2-4-14(13)9-15)7-8-19(24)21-11-16-10-20-12-18(16)23/h5-6,9,16,18,20,23H,1-4,7-8,10-12H2,(H,21,24). The number of hydrogen-bond acceptors (Lipinski definition) is 4. The van der Waals surface area contributed by atoms with E-state index in [0.29, 0.717) is 13.1 Å². The normalized spacial score (nSPS) is 22.9. The Kier molecular flexibility index (Phi) is 5.63. The first kappa shape index (κ1) is 17.1. The van der Waals surface area contributed by atoms with E-state index in [1.165, 1.54) is 24.0 Å². The number of nitrogens with one attached hydrogen (secondary N) is 2. The molecular formula is C19H26N2O3. The average Bonchev–Trinajstić information content (AvgIpc) is 3.02. The second kappa shape index (κ2) is 7.90. The lowest BCUT2D eigenvalue weighted by molar-refractivity contribution is -0.121. The van der Waals surface area contributed by atoms with Crippen molar-refractivity contribution in [1.82, 2.24) is 10.6 Å². The van der Waals surface area contributed by atoms with Gasteiger partial charge in [-0.25, -0.2) is 0 Å². The monoisotopic (exact) mass is 330 g/mol. The van der Waals surface area contributed by atoms with Crippen molar-refractivity contribution < 1.29 is 14.7 Å². The smallest absolute Gasteiger partial charge is 0.220 e. The quantitative estimate of drug-likeness (QED) is 0.686. The molecular weight excluding hydrogens is 304 g/mol. The fraction of sp³-hybridized carbons (Fsp3) is 0.579. The molecule has 1 aliphatic heterocycles. The summed E-state index contributed by atoms with van der Waals surface area (Å²) in [6.45, 7) is 1.76. The number of carbonyl (C=O) groups is 2. The number of hydrogen-bond donors (Lipinski definition) is 3. The zero-order valence-corrected chi connectivity index (χ0v) is 14.0. The van der Waals surface area contributed by atoms with Crippen LogP contribution in [0, 0.1) is 5.92 Å². The third-order valence-electron chi connectivity index (χ3n) is 5.12. The molecule has 1 amide bonds. The van der Waals surface area contributed by atoms with Gasteiger partial charge in [-0.1, -0.05) is 12.1 Å². The molecule has 1 heterocycles. The van der Waals surface area contributed by atoms with Crippen LogP contribution >= 0.6 is 0 Å². The van der Waals surface area contributed by atoms with Gasteiger partial charge in [0.15, 0.2) is 5.78 Å². The lowest BCUT2D eigenvalue weighted by Gasteiger charge is -2.16. The van der Waals surface area contributed by atoms with E-state index in [2.05, 4.69) is 16.7 Å². The molecule has 2 unspecified atom stereocenters. The molecule has 1 aliphatic carbocycles. The Morgan fingerprint density at radius 1 is 1.12 bits per heavy atom. The van der Waals surface area contributed by atoms with Gasteiger partial charge in [-0.05, 0) is 42.9 Å². The van der Waals surface area contributed by atoms with Crippen LogP contribution in [-0.4, -0.2) is 42.5 Å². The first-order valence-electron chi connectivity index (χ1n) is 8.94. The molecule has 1 aromatic carbocycles. The van der Waals surface area contributed by atoms with Gasteiger partial charge in [0.2, 0.25) is 5.91 Å². The Labute approximate surface area is 142 Å². The number of Topliss-reactive ketones (excluding diaryl/α,β-unsaturated/α-hetero) is 1. The lowest BCUT2D eigenvalue weighted by Crippen LogP contribution is -2.34. The Hall–Kier alpha value is -1.72. The highest BCUT2D eigenvalue weighted by atomic mass is 16.3. The van der Waals surface area contributed by atoms with Crippen molar-refractivity contribution in [2.45, 2.75) is 44.6 Å². The number of carbonyl (C=O) groups excluding carboxylic acids is 2. The zero-order valence-electron chi connectivity index (χ0n) is 14.0. The Balaban J connectivity index is 1.45. The van der Waals surface area contributed by atoms with Gasteiger partial charge in [0.25, 0.3) is 0 Å². The van der Waals surface area contributed by atoms with Gasteiger partial charge in [0.05, 0.1) is 6.10 Å². The van der Waals surface area contributed by atoms with Crippen molar-refractivity contribution in [3.05, 3.63) is 34.9 Å². The number of aryl methyl sites for hydroxylation is 2. The summed E-state index contributed by atoms with van der Waals surface area (Å²) in [6.07, 6.45) is 4.61. The van der Waals surface area contributed by atoms with Crippen LogP contribution in [0.1, 0.15) is 47.2 Å². The van der Waals surface area contributed by atoms with Crippen molar-refractivity contribution in [2.24, 2.45) is 5.92 Å². The highest BCUT2D eigenvalue weighted by Gasteiger charge is 2.25. The molecule has 24 heavy (non-hydrogen) atoms. The van der Waals surface area contributed by atoms with Gasteiger partial charge < -0.3 is 15.7 Å². The van der Waals surface area contributed by atoms with E-state index in [1.807, 2.05) is 12.1 Å². The number of rotatable bonds is 6. The summed E-state index contributed by atoms with van der Waals surface area (Å²) >= 11 is 0. The van der Waals surface area contributed by atoms with Gasteiger partial charge >= 0.3 is 0 Å². The predicted molar refractivity (Wildman–Crippen MR) is 92.0 cm³/mol. The minimum absolute atomic E-state index is 0.0288. The lowest BCUT2D eigenvalue weighted by atomic mass is 9.89. The molecule has 0 aromatic heterocycles. The molecule has 5 heteroatoms. The van der Waals surface area contributed by atoms with Crippen molar-refractivity contribution in [1.29, 1.82) is 0 Å². The zero-order chi connectivity index (χ0) is 16.9. The number of aliphatic hydroxyl groups is 1. The molecule has 3 N–H and O–H groups in total. The fourth-order valence-electron chi connectivity index (χ4n) is 3.54. The molecule has 1 saturated heterocycles. The van der Waals surface area contributed by atoms with Gasteiger partial charge in [-0.2, -0.15) is 0 Å².